The van der Waals surface area contributed by atoms with Crippen molar-refractivity contribution in [2.24, 2.45) is 0 Å². The number of nitrogens with zero attached hydrogens (tertiary/aromatic N) is 1. The molecule has 2 aromatic carbocycles. The van der Waals surface area contributed by atoms with Crippen LogP contribution >= 0.6 is 11.6 Å². The van der Waals surface area contributed by atoms with Crippen LogP contribution in [0.5, 0.6) is 0 Å². The third-order valence-corrected chi connectivity index (χ3v) is 3.88. The number of aliphatic hydroxyl groups is 1. The Kier molecular flexibility index (Phi) is 4.60. The Hall–Kier alpha value is -2.37. The largest absolute Gasteiger partial charge is 0.387 e. The Morgan fingerprint density at radius 2 is 1.96 bits per heavy atom. The molecule has 0 spiro atoms. The summed E-state index contributed by atoms with van der Waals surface area (Å²) in [5.74, 6) is -0.174. The molecule has 23 heavy (non-hydrogen) atoms. The lowest BCUT2D eigenvalue weighted by Gasteiger charge is -2.12. The van der Waals surface area contributed by atoms with Crippen molar-refractivity contribution in [3.8, 4) is 0 Å². The summed E-state index contributed by atoms with van der Waals surface area (Å²) in [7, 11) is 0. The molecule has 3 N–H and O–H groups in total. The predicted molar refractivity (Wildman–Crippen MR) is 89.2 cm³/mol. The van der Waals surface area contributed by atoms with E-state index in [0.717, 1.165) is 16.6 Å². The zero-order valence-corrected chi connectivity index (χ0v) is 13.0. The van der Waals surface area contributed by atoms with E-state index in [1.54, 1.807) is 24.3 Å². The highest BCUT2D eigenvalue weighted by atomic mass is 35.5. The van der Waals surface area contributed by atoms with Crippen LogP contribution in [0.2, 0.25) is 5.02 Å². The number of rotatable bonds is 5. The van der Waals surface area contributed by atoms with Crippen molar-refractivity contribution in [2.45, 2.75) is 12.5 Å². The van der Waals surface area contributed by atoms with E-state index in [1.807, 2.05) is 24.3 Å². The zero-order valence-electron chi connectivity index (χ0n) is 12.3. The van der Waals surface area contributed by atoms with Crippen LogP contribution in [-0.2, 0) is 11.2 Å². The SMILES string of the molecule is O=C(Cc1[nH]nc2ccccc12)NCC(O)c1ccc(Cl)cc1. The number of halogens is 1. The number of aromatic nitrogens is 2. The molecule has 6 heteroatoms. The third-order valence-electron chi connectivity index (χ3n) is 3.63. The lowest BCUT2D eigenvalue weighted by Crippen LogP contribution is -2.29. The van der Waals surface area contributed by atoms with Gasteiger partial charge in [-0.3, -0.25) is 9.89 Å². The Balaban J connectivity index is 1.58. The van der Waals surface area contributed by atoms with Crippen LogP contribution in [0.4, 0.5) is 0 Å². The molecule has 0 aliphatic heterocycles. The Morgan fingerprint density at radius 3 is 2.74 bits per heavy atom. The van der Waals surface area contributed by atoms with Gasteiger partial charge in [-0.05, 0) is 23.8 Å². The maximum Gasteiger partial charge on any atom is 0.226 e. The van der Waals surface area contributed by atoms with Crippen molar-refractivity contribution in [3.05, 3.63) is 64.8 Å². The summed E-state index contributed by atoms with van der Waals surface area (Å²) in [6.45, 7) is 0.145. The number of amides is 1. The highest BCUT2D eigenvalue weighted by Gasteiger charge is 2.12. The molecule has 1 unspecified atom stereocenters. The molecule has 118 valence electrons. The maximum atomic E-state index is 12.1. The van der Waals surface area contributed by atoms with E-state index < -0.39 is 6.10 Å². The minimum Gasteiger partial charge on any atom is -0.387 e. The first kappa shape index (κ1) is 15.5. The molecule has 0 bridgehead atoms. The summed E-state index contributed by atoms with van der Waals surface area (Å²) in [5.41, 5.74) is 2.30. The molecule has 0 aliphatic rings. The van der Waals surface area contributed by atoms with E-state index in [4.69, 9.17) is 11.6 Å². The van der Waals surface area contributed by atoms with Gasteiger partial charge in [-0.15, -0.1) is 0 Å². The van der Waals surface area contributed by atoms with Crippen molar-refractivity contribution < 1.29 is 9.90 Å². The molecular weight excluding hydrogens is 314 g/mol. The van der Waals surface area contributed by atoms with Crippen molar-refractivity contribution in [1.29, 1.82) is 0 Å². The van der Waals surface area contributed by atoms with Crippen molar-refractivity contribution in [3.63, 3.8) is 0 Å². The van der Waals surface area contributed by atoms with Gasteiger partial charge in [0.2, 0.25) is 5.91 Å². The number of fused-ring (bicyclic) bond motifs is 1. The number of para-hydroxylation sites is 1. The van der Waals surface area contributed by atoms with Crippen molar-refractivity contribution >= 4 is 28.4 Å². The fourth-order valence-corrected chi connectivity index (χ4v) is 2.51. The highest BCUT2D eigenvalue weighted by Crippen LogP contribution is 2.17. The second-order valence-electron chi connectivity index (χ2n) is 5.27. The van der Waals surface area contributed by atoms with Crippen molar-refractivity contribution in [1.82, 2.24) is 15.5 Å². The van der Waals surface area contributed by atoms with Crippen LogP contribution in [-0.4, -0.2) is 27.8 Å². The lowest BCUT2D eigenvalue weighted by atomic mass is 10.1. The second kappa shape index (κ2) is 6.81. The average molecular weight is 330 g/mol. The third kappa shape index (κ3) is 3.70. The van der Waals surface area contributed by atoms with Gasteiger partial charge in [-0.1, -0.05) is 41.9 Å². The number of carbonyl (C=O) groups excluding carboxylic acids is 1. The smallest absolute Gasteiger partial charge is 0.226 e. The summed E-state index contributed by atoms with van der Waals surface area (Å²) in [4.78, 5) is 12.1. The van der Waals surface area contributed by atoms with E-state index >= 15 is 0 Å². The molecule has 5 nitrogen and oxygen atoms in total. The van der Waals surface area contributed by atoms with E-state index in [1.165, 1.54) is 0 Å². The normalized spacial score (nSPS) is 12.3. The molecule has 1 atom stereocenters. The molecule has 0 aliphatic carbocycles. The second-order valence-corrected chi connectivity index (χ2v) is 5.70. The summed E-state index contributed by atoms with van der Waals surface area (Å²) in [5, 5.41) is 21.4. The Morgan fingerprint density at radius 1 is 1.22 bits per heavy atom. The molecule has 0 radical (unpaired) electrons. The molecule has 3 aromatic rings. The molecule has 1 amide bonds. The van der Waals surface area contributed by atoms with E-state index in [2.05, 4.69) is 15.5 Å². The summed E-state index contributed by atoms with van der Waals surface area (Å²) in [6.07, 6.45) is -0.580. The van der Waals surface area contributed by atoms with E-state index in [-0.39, 0.29) is 18.9 Å². The van der Waals surface area contributed by atoms with E-state index in [0.29, 0.717) is 10.6 Å². The number of hydrogen-bond acceptors (Lipinski definition) is 3. The predicted octanol–water partition coefficient (Wildman–Crippen LogP) is 2.61. The van der Waals surface area contributed by atoms with Gasteiger partial charge < -0.3 is 10.4 Å². The highest BCUT2D eigenvalue weighted by molar-refractivity contribution is 6.30. The van der Waals surface area contributed by atoms with Gasteiger partial charge in [0.1, 0.15) is 0 Å². The first-order chi connectivity index (χ1) is 11.1. The van der Waals surface area contributed by atoms with Gasteiger partial charge in [0, 0.05) is 17.0 Å². The topological polar surface area (TPSA) is 78.0 Å². The number of nitrogens with one attached hydrogen (secondary N) is 2. The van der Waals surface area contributed by atoms with Crippen LogP contribution in [0.25, 0.3) is 10.9 Å². The monoisotopic (exact) mass is 329 g/mol. The van der Waals surface area contributed by atoms with Crippen LogP contribution in [0, 0.1) is 0 Å². The number of aliphatic hydroxyl groups excluding tert-OH is 1. The fraction of sp³-hybridized carbons (Fsp3) is 0.176. The molecule has 0 fully saturated rings. The molecule has 1 heterocycles. The summed E-state index contributed by atoms with van der Waals surface area (Å²) >= 11 is 5.81. The summed E-state index contributed by atoms with van der Waals surface area (Å²) in [6, 6.07) is 14.5. The maximum absolute atomic E-state index is 12.1. The van der Waals surface area contributed by atoms with Gasteiger partial charge in [-0.25, -0.2) is 0 Å². The molecule has 0 saturated heterocycles. The Bertz CT molecular complexity index is 814. The molecular formula is C17H16ClN3O2. The zero-order chi connectivity index (χ0) is 16.2. The van der Waals surface area contributed by atoms with Crippen LogP contribution < -0.4 is 5.32 Å². The van der Waals surface area contributed by atoms with Crippen LogP contribution in [0.15, 0.2) is 48.5 Å². The molecule has 1 aromatic heterocycles. The van der Waals surface area contributed by atoms with Gasteiger partial charge in [0.05, 0.1) is 23.7 Å². The lowest BCUT2D eigenvalue weighted by molar-refractivity contribution is -0.120. The number of aromatic amines is 1. The average Bonchev–Trinajstić information content (AvgIpc) is 2.96. The quantitative estimate of drug-likeness (QED) is 0.673. The Labute approximate surface area is 138 Å². The standard InChI is InChI=1S/C17H16ClN3O2/c18-12-7-5-11(6-8-12)16(22)10-19-17(23)9-15-13-3-1-2-4-14(13)20-21-15/h1-8,16,22H,9-10H2,(H,19,23)(H,20,21). The van der Waals surface area contributed by atoms with Crippen LogP contribution in [0.3, 0.4) is 0 Å². The minimum atomic E-state index is -0.769. The molecule has 0 saturated carbocycles. The number of H-pyrrole nitrogens is 1. The van der Waals surface area contributed by atoms with Crippen molar-refractivity contribution in [2.75, 3.05) is 6.54 Å². The number of benzene rings is 2. The number of hydrogen-bond donors (Lipinski definition) is 3. The van der Waals surface area contributed by atoms with Gasteiger partial charge in [-0.2, -0.15) is 5.10 Å². The summed E-state index contributed by atoms with van der Waals surface area (Å²) < 4.78 is 0. The van der Waals surface area contributed by atoms with Gasteiger partial charge >= 0.3 is 0 Å². The van der Waals surface area contributed by atoms with Gasteiger partial charge in [0.25, 0.3) is 0 Å². The van der Waals surface area contributed by atoms with Gasteiger partial charge in [0.15, 0.2) is 0 Å². The van der Waals surface area contributed by atoms with Crippen LogP contribution in [0.1, 0.15) is 17.4 Å². The first-order valence-electron chi connectivity index (χ1n) is 7.25. The number of carbonyl (C=O) groups is 1. The van der Waals surface area contributed by atoms with E-state index in [9.17, 15) is 9.90 Å². The minimum absolute atomic E-state index is 0.145. The first-order valence-corrected chi connectivity index (χ1v) is 7.63. The molecule has 3 rings (SSSR count). The fourth-order valence-electron chi connectivity index (χ4n) is 2.39.